The van der Waals surface area contributed by atoms with E-state index in [0.29, 0.717) is 31.7 Å². The first-order chi connectivity index (χ1) is 10.3. The molecule has 1 aromatic rings. The molecule has 0 radical (unpaired) electrons. The lowest BCUT2D eigenvalue weighted by Gasteiger charge is -2.37. The van der Waals surface area contributed by atoms with Crippen molar-refractivity contribution in [3.63, 3.8) is 0 Å². The number of amides is 1. The molecule has 5 heteroatoms. The number of benzene rings is 1. The molecule has 1 heterocycles. The number of ether oxygens (including phenoxy) is 1. The molecule has 1 amide bonds. The van der Waals surface area contributed by atoms with Crippen LogP contribution in [0.5, 0.6) is 0 Å². The molecule has 0 saturated carbocycles. The molecule has 0 unspecified atom stereocenters. The Morgan fingerprint density at radius 2 is 1.86 bits per heavy atom. The Hall–Kier alpha value is -2.22. The van der Waals surface area contributed by atoms with Crippen LogP contribution >= 0.6 is 0 Å². The standard InChI is InChI=1S/C17H23N3O2/c1-13-5-6-15(14(11-13)12-18)19-7-9-20(10-8-19)16(21)22-17(2,3)4/h5-6,11H,7-10H2,1-4H3. The van der Waals surface area contributed by atoms with Gasteiger partial charge in [-0.15, -0.1) is 0 Å². The molecule has 0 spiro atoms. The summed E-state index contributed by atoms with van der Waals surface area (Å²) < 4.78 is 5.39. The van der Waals surface area contributed by atoms with E-state index in [-0.39, 0.29) is 6.09 Å². The molecular weight excluding hydrogens is 278 g/mol. The number of nitriles is 1. The smallest absolute Gasteiger partial charge is 0.410 e. The average molecular weight is 301 g/mol. The molecular formula is C17H23N3O2. The van der Waals surface area contributed by atoms with Gasteiger partial charge in [0.2, 0.25) is 0 Å². The van der Waals surface area contributed by atoms with E-state index in [1.807, 2.05) is 45.9 Å². The highest BCUT2D eigenvalue weighted by atomic mass is 16.6. The predicted molar refractivity (Wildman–Crippen MR) is 85.9 cm³/mol. The Balaban J connectivity index is 2.01. The third-order valence-electron chi connectivity index (χ3n) is 3.54. The zero-order chi connectivity index (χ0) is 16.3. The molecule has 118 valence electrons. The Morgan fingerprint density at radius 1 is 1.23 bits per heavy atom. The van der Waals surface area contributed by atoms with Crippen molar-refractivity contribution < 1.29 is 9.53 Å². The maximum absolute atomic E-state index is 12.1. The number of hydrogen-bond acceptors (Lipinski definition) is 4. The van der Waals surface area contributed by atoms with Gasteiger partial charge in [0.05, 0.1) is 11.3 Å². The van der Waals surface area contributed by atoms with Crippen molar-refractivity contribution in [2.75, 3.05) is 31.1 Å². The zero-order valence-electron chi connectivity index (χ0n) is 13.7. The lowest BCUT2D eigenvalue weighted by Crippen LogP contribution is -2.50. The van der Waals surface area contributed by atoms with Crippen molar-refractivity contribution in [3.8, 4) is 6.07 Å². The molecule has 0 aliphatic carbocycles. The minimum Gasteiger partial charge on any atom is -0.444 e. The van der Waals surface area contributed by atoms with E-state index in [0.717, 1.165) is 11.3 Å². The molecule has 0 aromatic heterocycles. The predicted octanol–water partition coefficient (Wildman–Crippen LogP) is 2.92. The van der Waals surface area contributed by atoms with Crippen LogP contribution in [0.1, 0.15) is 31.9 Å². The van der Waals surface area contributed by atoms with Crippen molar-refractivity contribution in [2.45, 2.75) is 33.3 Å². The lowest BCUT2D eigenvalue weighted by atomic mass is 10.1. The number of aryl methyl sites for hydroxylation is 1. The third-order valence-corrected chi connectivity index (χ3v) is 3.54. The topological polar surface area (TPSA) is 56.6 Å². The van der Waals surface area contributed by atoms with Crippen LogP contribution in [-0.4, -0.2) is 42.8 Å². The Morgan fingerprint density at radius 3 is 2.41 bits per heavy atom. The molecule has 0 bridgehead atoms. The van der Waals surface area contributed by atoms with Gasteiger partial charge in [0.25, 0.3) is 0 Å². The molecule has 0 N–H and O–H groups in total. The molecule has 1 aromatic carbocycles. The van der Waals surface area contributed by atoms with Gasteiger partial charge in [-0.1, -0.05) is 6.07 Å². The second-order valence-electron chi connectivity index (χ2n) is 6.59. The number of nitrogens with zero attached hydrogens (tertiary/aromatic N) is 3. The molecule has 1 fully saturated rings. The molecule has 5 nitrogen and oxygen atoms in total. The average Bonchev–Trinajstić information content (AvgIpc) is 2.45. The molecule has 22 heavy (non-hydrogen) atoms. The number of hydrogen-bond donors (Lipinski definition) is 0. The van der Waals surface area contributed by atoms with Crippen LogP contribution in [-0.2, 0) is 4.74 Å². The van der Waals surface area contributed by atoms with Crippen LogP contribution in [0.2, 0.25) is 0 Å². The van der Waals surface area contributed by atoms with Crippen LogP contribution < -0.4 is 4.90 Å². The van der Waals surface area contributed by atoms with Crippen LogP contribution in [0.3, 0.4) is 0 Å². The fourth-order valence-electron chi connectivity index (χ4n) is 2.47. The highest BCUT2D eigenvalue weighted by Gasteiger charge is 2.26. The summed E-state index contributed by atoms with van der Waals surface area (Å²) in [6.45, 7) is 10.2. The summed E-state index contributed by atoms with van der Waals surface area (Å²) >= 11 is 0. The van der Waals surface area contributed by atoms with Gasteiger partial charge in [0.1, 0.15) is 11.7 Å². The highest BCUT2D eigenvalue weighted by molar-refractivity contribution is 5.69. The Labute approximate surface area is 132 Å². The largest absolute Gasteiger partial charge is 0.444 e. The van der Waals surface area contributed by atoms with Crippen molar-refractivity contribution >= 4 is 11.8 Å². The van der Waals surface area contributed by atoms with E-state index in [4.69, 9.17) is 4.74 Å². The SMILES string of the molecule is Cc1ccc(N2CCN(C(=O)OC(C)(C)C)CC2)c(C#N)c1. The first kappa shape index (κ1) is 16.2. The first-order valence-electron chi connectivity index (χ1n) is 7.54. The normalized spacial score (nSPS) is 15.4. The van der Waals surface area contributed by atoms with Gasteiger partial charge in [0, 0.05) is 26.2 Å². The molecule has 0 atom stereocenters. The highest BCUT2D eigenvalue weighted by Crippen LogP contribution is 2.23. The second kappa shape index (κ2) is 6.27. The van der Waals surface area contributed by atoms with E-state index in [2.05, 4.69) is 11.0 Å². The second-order valence-corrected chi connectivity index (χ2v) is 6.59. The number of rotatable bonds is 1. The summed E-state index contributed by atoms with van der Waals surface area (Å²) in [5, 5.41) is 9.28. The van der Waals surface area contributed by atoms with Gasteiger partial charge in [-0.25, -0.2) is 4.79 Å². The van der Waals surface area contributed by atoms with Gasteiger partial charge in [-0.2, -0.15) is 5.26 Å². The van der Waals surface area contributed by atoms with E-state index in [1.165, 1.54) is 0 Å². The first-order valence-corrected chi connectivity index (χ1v) is 7.54. The molecule has 1 aliphatic rings. The van der Waals surface area contributed by atoms with Crippen molar-refractivity contribution in [1.82, 2.24) is 4.90 Å². The number of carbonyl (C=O) groups excluding carboxylic acids is 1. The van der Waals surface area contributed by atoms with Crippen LogP contribution in [0.25, 0.3) is 0 Å². The quantitative estimate of drug-likeness (QED) is 0.800. The van der Waals surface area contributed by atoms with Crippen LogP contribution in [0, 0.1) is 18.3 Å². The fourth-order valence-corrected chi connectivity index (χ4v) is 2.47. The van der Waals surface area contributed by atoms with Crippen LogP contribution in [0.15, 0.2) is 18.2 Å². The maximum Gasteiger partial charge on any atom is 0.410 e. The summed E-state index contributed by atoms with van der Waals surface area (Å²) in [7, 11) is 0. The van der Waals surface area contributed by atoms with Crippen molar-refractivity contribution in [3.05, 3.63) is 29.3 Å². The minimum atomic E-state index is -0.473. The molecule has 1 saturated heterocycles. The van der Waals surface area contributed by atoms with E-state index in [9.17, 15) is 10.1 Å². The van der Waals surface area contributed by atoms with Gasteiger partial charge in [-0.05, 0) is 45.4 Å². The third kappa shape index (κ3) is 3.91. The number of carbonyl (C=O) groups is 1. The summed E-state index contributed by atoms with van der Waals surface area (Å²) in [5.41, 5.74) is 2.23. The zero-order valence-corrected chi connectivity index (χ0v) is 13.7. The minimum absolute atomic E-state index is 0.267. The Bertz CT molecular complexity index is 591. The molecule has 2 rings (SSSR count). The Kier molecular flexibility index (Phi) is 4.60. The summed E-state index contributed by atoms with van der Waals surface area (Å²) in [4.78, 5) is 15.9. The van der Waals surface area contributed by atoms with E-state index < -0.39 is 5.60 Å². The summed E-state index contributed by atoms with van der Waals surface area (Å²) in [5.74, 6) is 0. The van der Waals surface area contributed by atoms with Gasteiger partial charge in [-0.3, -0.25) is 0 Å². The van der Waals surface area contributed by atoms with Gasteiger partial charge in [0.15, 0.2) is 0 Å². The fraction of sp³-hybridized carbons (Fsp3) is 0.529. The van der Waals surface area contributed by atoms with Crippen molar-refractivity contribution in [1.29, 1.82) is 5.26 Å². The van der Waals surface area contributed by atoms with Crippen LogP contribution in [0.4, 0.5) is 10.5 Å². The lowest BCUT2D eigenvalue weighted by molar-refractivity contribution is 0.0240. The van der Waals surface area contributed by atoms with Crippen molar-refractivity contribution in [2.24, 2.45) is 0 Å². The number of anilines is 1. The maximum atomic E-state index is 12.1. The molecule has 1 aliphatic heterocycles. The van der Waals surface area contributed by atoms with Gasteiger partial charge < -0.3 is 14.5 Å². The summed E-state index contributed by atoms with van der Waals surface area (Å²) in [6, 6.07) is 8.14. The van der Waals surface area contributed by atoms with Gasteiger partial charge >= 0.3 is 6.09 Å². The number of piperazine rings is 1. The van der Waals surface area contributed by atoms with E-state index in [1.54, 1.807) is 4.90 Å². The summed E-state index contributed by atoms with van der Waals surface area (Å²) in [6.07, 6.45) is -0.267. The monoisotopic (exact) mass is 301 g/mol. The van der Waals surface area contributed by atoms with E-state index >= 15 is 0 Å².